The van der Waals surface area contributed by atoms with Gasteiger partial charge in [0.2, 0.25) is 0 Å². The molecule has 0 aromatic carbocycles. The third-order valence-electron chi connectivity index (χ3n) is 8.49. The summed E-state index contributed by atoms with van der Waals surface area (Å²) < 4.78 is 99.2. The van der Waals surface area contributed by atoms with Crippen LogP contribution in [0.15, 0.2) is 0 Å². The zero-order valence-corrected chi connectivity index (χ0v) is 20.9. The summed E-state index contributed by atoms with van der Waals surface area (Å²) in [6.07, 6.45) is -3.02. The van der Waals surface area contributed by atoms with Crippen molar-refractivity contribution in [3.05, 3.63) is 0 Å². The summed E-state index contributed by atoms with van der Waals surface area (Å²) in [6.45, 7) is 3.85. The van der Waals surface area contributed by atoms with E-state index >= 15 is 0 Å². The van der Waals surface area contributed by atoms with Gasteiger partial charge in [-0.25, -0.2) is 9.59 Å². The molecular formula is C22H28F2O12S. The molecule has 3 heterocycles. The van der Waals surface area contributed by atoms with Crippen molar-refractivity contribution >= 4 is 22.1 Å². The van der Waals surface area contributed by atoms with Gasteiger partial charge in [0.15, 0.2) is 36.7 Å². The quantitative estimate of drug-likeness (QED) is 0.273. The number of esters is 2. The highest BCUT2D eigenvalue weighted by Crippen LogP contribution is 2.65. The molecule has 4 aliphatic carbocycles. The van der Waals surface area contributed by atoms with E-state index in [1.54, 1.807) is 13.8 Å². The van der Waals surface area contributed by atoms with Crippen molar-refractivity contribution in [3.63, 3.8) is 0 Å². The Morgan fingerprint density at radius 3 is 2.46 bits per heavy atom. The van der Waals surface area contributed by atoms with Gasteiger partial charge in [0.05, 0.1) is 0 Å². The van der Waals surface area contributed by atoms with Gasteiger partial charge in [-0.05, 0) is 51.9 Å². The van der Waals surface area contributed by atoms with Gasteiger partial charge < -0.3 is 33.2 Å². The Balaban J connectivity index is 1.18. The van der Waals surface area contributed by atoms with Crippen LogP contribution in [-0.4, -0.2) is 85.2 Å². The van der Waals surface area contributed by atoms with Crippen LogP contribution in [0.5, 0.6) is 0 Å². The largest absolute Gasteiger partial charge is 0.465 e. The molecule has 4 bridgehead atoms. The maximum Gasteiger partial charge on any atom is 0.465 e. The Labute approximate surface area is 210 Å². The van der Waals surface area contributed by atoms with Crippen LogP contribution in [0.3, 0.4) is 0 Å². The lowest BCUT2D eigenvalue weighted by Gasteiger charge is -2.62. The van der Waals surface area contributed by atoms with E-state index in [1.807, 2.05) is 0 Å². The van der Waals surface area contributed by atoms with Gasteiger partial charge in [-0.1, -0.05) is 0 Å². The third-order valence-corrected chi connectivity index (χ3v) is 9.31. The molecule has 3 saturated heterocycles. The van der Waals surface area contributed by atoms with Gasteiger partial charge in [0, 0.05) is 18.4 Å². The van der Waals surface area contributed by atoms with E-state index in [2.05, 4.69) is 0 Å². The average Bonchev–Trinajstić information content (AvgIpc) is 3.40. The van der Waals surface area contributed by atoms with Gasteiger partial charge in [-0.15, -0.1) is 0 Å². The molecule has 7 fully saturated rings. The Hall–Kier alpha value is -1.49. The number of carbonyl (C=O) groups is 2. The first-order valence-electron chi connectivity index (χ1n) is 12.4. The second-order valence-electron chi connectivity index (χ2n) is 10.8. The fourth-order valence-corrected chi connectivity index (χ4v) is 7.60. The molecule has 8 unspecified atom stereocenters. The van der Waals surface area contributed by atoms with E-state index in [0.29, 0.717) is 25.9 Å². The molecule has 1 N–H and O–H groups in total. The van der Waals surface area contributed by atoms with Crippen molar-refractivity contribution in [2.45, 2.75) is 99.6 Å². The van der Waals surface area contributed by atoms with Crippen molar-refractivity contribution in [1.29, 1.82) is 0 Å². The molecule has 12 nitrogen and oxygen atoms in total. The topological polar surface area (TPSA) is 153 Å². The first-order valence-corrected chi connectivity index (χ1v) is 13.8. The number of fused-ring (bicyclic) bond motifs is 3. The molecule has 0 amide bonds. The third kappa shape index (κ3) is 3.76. The minimum absolute atomic E-state index is 0.0266. The number of alkyl halides is 2. The van der Waals surface area contributed by atoms with E-state index in [1.165, 1.54) is 0 Å². The lowest BCUT2D eigenvalue weighted by atomic mass is 9.51. The molecule has 0 aromatic rings. The maximum absolute atomic E-state index is 13.9. The summed E-state index contributed by atoms with van der Waals surface area (Å²) in [5, 5.41) is -5.07. The van der Waals surface area contributed by atoms with Crippen molar-refractivity contribution in [2.75, 3.05) is 6.61 Å². The summed E-state index contributed by atoms with van der Waals surface area (Å²) in [7, 11) is -5.98. The summed E-state index contributed by atoms with van der Waals surface area (Å²) in [4.78, 5) is 24.6. The zero-order chi connectivity index (χ0) is 26.5. The number of hydrogen-bond donors (Lipinski definition) is 1. The second kappa shape index (κ2) is 8.26. The summed E-state index contributed by atoms with van der Waals surface area (Å²) >= 11 is 0. The standard InChI is InChI=1S/C22H28F2O12S/c1-3-30-9(2)31-15-13-14(32-17(15)25)16-18(33-13)35-21(34-16)11-4-10-5-12(21)8-20(6-10,7-11)36-19(26)22(23,24)37(27,28)29/h9-16,18H,3-8H2,1-2H3,(H,27,28,29). The molecule has 4 saturated carbocycles. The Morgan fingerprint density at radius 1 is 1.16 bits per heavy atom. The van der Waals surface area contributed by atoms with Crippen LogP contribution in [0, 0.1) is 17.8 Å². The van der Waals surface area contributed by atoms with Crippen LogP contribution in [0.25, 0.3) is 0 Å². The number of rotatable bonds is 7. The van der Waals surface area contributed by atoms with Crippen molar-refractivity contribution < 1.29 is 64.5 Å². The van der Waals surface area contributed by atoms with E-state index < -0.39 is 75.7 Å². The molecule has 37 heavy (non-hydrogen) atoms. The second-order valence-corrected chi connectivity index (χ2v) is 12.2. The molecule has 0 aromatic heterocycles. The molecule has 208 valence electrons. The summed E-state index contributed by atoms with van der Waals surface area (Å²) in [6, 6.07) is 0. The molecule has 8 atom stereocenters. The number of hydrogen-bond acceptors (Lipinski definition) is 11. The fraction of sp³-hybridized carbons (Fsp3) is 0.909. The monoisotopic (exact) mass is 554 g/mol. The molecule has 0 radical (unpaired) electrons. The maximum atomic E-state index is 13.9. The zero-order valence-electron chi connectivity index (χ0n) is 20.0. The number of carbonyl (C=O) groups excluding carboxylic acids is 2. The number of halogens is 2. The summed E-state index contributed by atoms with van der Waals surface area (Å²) in [5.41, 5.74) is -1.32. The first kappa shape index (κ1) is 25.8. The fourth-order valence-electron chi connectivity index (χ4n) is 7.34. The molecule has 7 rings (SSSR count). The molecule has 1 spiro atoms. The summed E-state index contributed by atoms with van der Waals surface area (Å²) in [5.74, 6) is -4.74. The van der Waals surface area contributed by atoms with E-state index in [4.69, 9.17) is 37.7 Å². The van der Waals surface area contributed by atoms with Gasteiger partial charge in [0.25, 0.3) is 0 Å². The van der Waals surface area contributed by atoms with Crippen LogP contribution in [0.2, 0.25) is 0 Å². The smallest absolute Gasteiger partial charge is 0.454 e. The van der Waals surface area contributed by atoms with Crippen LogP contribution in [0.4, 0.5) is 8.78 Å². The Kier molecular flexibility index (Phi) is 5.75. The Morgan fingerprint density at radius 2 is 1.84 bits per heavy atom. The van der Waals surface area contributed by atoms with Crippen molar-refractivity contribution in [3.8, 4) is 0 Å². The number of ether oxygens (including phenoxy) is 7. The lowest BCUT2D eigenvalue weighted by Crippen LogP contribution is -2.66. The lowest BCUT2D eigenvalue weighted by molar-refractivity contribution is -0.344. The molecule has 15 heteroatoms. The predicted octanol–water partition coefficient (Wildman–Crippen LogP) is 1.12. The van der Waals surface area contributed by atoms with Gasteiger partial charge >= 0.3 is 27.3 Å². The molecule has 7 aliphatic rings. The van der Waals surface area contributed by atoms with Crippen LogP contribution in [0.1, 0.15) is 46.0 Å². The van der Waals surface area contributed by atoms with E-state index in [-0.39, 0.29) is 30.6 Å². The van der Waals surface area contributed by atoms with Crippen LogP contribution < -0.4 is 0 Å². The highest BCUT2D eigenvalue weighted by molar-refractivity contribution is 7.87. The van der Waals surface area contributed by atoms with Crippen LogP contribution >= 0.6 is 0 Å². The predicted molar refractivity (Wildman–Crippen MR) is 112 cm³/mol. The van der Waals surface area contributed by atoms with E-state index in [0.717, 1.165) is 0 Å². The molecule has 3 aliphatic heterocycles. The van der Waals surface area contributed by atoms with Gasteiger partial charge in [0.1, 0.15) is 11.7 Å². The average molecular weight is 555 g/mol. The van der Waals surface area contributed by atoms with Crippen molar-refractivity contribution in [2.24, 2.45) is 17.8 Å². The van der Waals surface area contributed by atoms with Crippen molar-refractivity contribution in [1.82, 2.24) is 0 Å². The molecular weight excluding hydrogens is 526 g/mol. The minimum Gasteiger partial charge on any atom is -0.454 e. The normalized spacial score (nSPS) is 46.7. The van der Waals surface area contributed by atoms with Crippen LogP contribution in [-0.2, 0) is 52.9 Å². The highest BCUT2D eigenvalue weighted by atomic mass is 32.2. The Bertz CT molecular complexity index is 1080. The first-order chi connectivity index (χ1) is 17.3. The van der Waals surface area contributed by atoms with Gasteiger partial charge in [-0.3, -0.25) is 4.55 Å². The van der Waals surface area contributed by atoms with E-state index in [9.17, 15) is 26.8 Å². The highest BCUT2D eigenvalue weighted by Gasteiger charge is 2.73. The minimum atomic E-state index is -5.98. The van der Waals surface area contributed by atoms with Gasteiger partial charge in [-0.2, -0.15) is 17.2 Å². The SMILES string of the molecule is CCOC(C)OC1C(=O)OC2C3OC4(OC3OC12)C1CC2CC4CC(OC(=O)C(F)(F)S(=O)(=O)O)(C2)C1.